The maximum absolute atomic E-state index is 12.6. The largest absolute Gasteiger partial charge is 0.310 e. The number of anilines is 1. The molecule has 1 unspecified atom stereocenters. The van der Waals surface area contributed by atoms with Gasteiger partial charge in [-0.2, -0.15) is 14.9 Å². The molecule has 9 nitrogen and oxygen atoms in total. The van der Waals surface area contributed by atoms with Crippen LogP contribution in [-0.4, -0.2) is 39.9 Å². The molecule has 25 heavy (non-hydrogen) atoms. The van der Waals surface area contributed by atoms with Crippen LogP contribution in [0, 0.1) is 13.8 Å². The molecule has 2 heterocycles. The number of amides is 1. The Hall–Kier alpha value is -2.20. The molecule has 10 heteroatoms. The highest BCUT2D eigenvalue weighted by Crippen LogP contribution is 2.19. The Kier molecular flexibility index (Phi) is 5.33. The summed E-state index contributed by atoms with van der Waals surface area (Å²) in [6.07, 6.45) is 1.58. The van der Waals surface area contributed by atoms with E-state index in [1.807, 2.05) is 13.8 Å². The van der Waals surface area contributed by atoms with Crippen molar-refractivity contribution in [3.8, 4) is 0 Å². The number of carbonyl (C=O) groups is 1. The lowest BCUT2D eigenvalue weighted by Gasteiger charge is -2.16. The number of aromatic nitrogens is 4. The average molecular weight is 368 g/mol. The van der Waals surface area contributed by atoms with Crippen LogP contribution < -0.4 is 10.0 Å². The molecule has 0 bridgehead atoms. The van der Waals surface area contributed by atoms with Crippen LogP contribution in [0.25, 0.3) is 0 Å². The van der Waals surface area contributed by atoms with Gasteiger partial charge in [-0.25, -0.2) is 13.1 Å². The van der Waals surface area contributed by atoms with Crippen molar-refractivity contribution in [3.05, 3.63) is 23.7 Å². The van der Waals surface area contributed by atoms with Gasteiger partial charge >= 0.3 is 0 Å². The molecule has 2 rings (SSSR count). The van der Waals surface area contributed by atoms with E-state index >= 15 is 0 Å². The first-order valence-electron chi connectivity index (χ1n) is 7.91. The number of nitrogens with one attached hydrogen (secondary N) is 2. The lowest BCUT2D eigenvalue weighted by molar-refractivity contribution is -0.117. The molecule has 2 aromatic rings. The normalized spacial score (nSPS) is 13.2. The van der Waals surface area contributed by atoms with Crippen molar-refractivity contribution in [2.75, 3.05) is 5.32 Å². The zero-order valence-electron chi connectivity index (χ0n) is 15.2. The minimum atomic E-state index is -3.87. The van der Waals surface area contributed by atoms with Gasteiger partial charge in [-0.3, -0.25) is 9.48 Å². The maximum Gasteiger partial charge on any atom is 0.244 e. The number of hydrogen-bond acceptors (Lipinski definition) is 5. The number of sulfonamides is 1. The van der Waals surface area contributed by atoms with Gasteiger partial charge in [-0.1, -0.05) is 0 Å². The molecule has 0 aliphatic rings. The second kappa shape index (κ2) is 6.96. The predicted octanol–water partition coefficient (Wildman–Crippen LogP) is 1.12. The van der Waals surface area contributed by atoms with Crippen LogP contribution in [0.4, 0.5) is 5.82 Å². The fraction of sp³-hybridized carbons (Fsp3) is 0.533. The van der Waals surface area contributed by atoms with Crippen LogP contribution in [0.2, 0.25) is 0 Å². The Labute approximate surface area is 147 Å². The van der Waals surface area contributed by atoms with E-state index < -0.39 is 22.0 Å². The monoisotopic (exact) mass is 368 g/mol. The SMILES string of the molecule is Cc1nn(C)c(C)c1S(=O)(=O)NC(C)C(=O)Nc1ccnn1C(C)C. The van der Waals surface area contributed by atoms with Gasteiger partial charge in [-0.05, 0) is 34.6 Å². The number of rotatable bonds is 6. The topological polar surface area (TPSA) is 111 Å². The average Bonchev–Trinajstić information content (AvgIpc) is 3.03. The third-order valence-electron chi connectivity index (χ3n) is 3.85. The van der Waals surface area contributed by atoms with Gasteiger partial charge in [0, 0.05) is 19.2 Å². The molecule has 0 fully saturated rings. The fourth-order valence-corrected chi connectivity index (χ4v) is 4.19. The Bertz CT molecular complexity index is 881. The molecule has 0 spiro atoms. The minimum Gasteiger partial charge on any atom is -0.310 e. The second-order valence-corrected chi connectivity index (χ2v) is 7.86. The number of aryl methyl sites for hydroxylation is 2. The molecule has 2 N–H and O–H groups in total. The summed E-state index contributed by atoms with van der Waals surface area (Å²) in [7, 11) is -2.20. The van der Waals surface area contributed by atoms with Crippen molar-refractivity contribution in [1.82, 2.24) is 24.3 Å². The summed E-state index contributed by atoms with van der Waals surface area (Å²) in [6.45, 7) is 8.64. The molecule has 0 aromatic carbocycles. The zero-order valence-corrected chi connectivity index (χ0v) is 16.0. The van der Waals surface area contributed by atoms with Gasteiger partial charge in [0.05, 0.1) is 23.6 Å². The third-order valence-corrected chi connectivity index (χ3v) is 5.64. The summed E-state index contributed by atoms with van der Waals surface area (Å²) in [5.41, 5.74) is 0.897. The lowest BCUT2D eigenvalue weighted by Crippen LogP contribution is -2.42. The van der Waals surface area contributed by atoms with Crippen molar-refractivity contribution in [1.29, 1.82) is 0 Å². The van der Waals surface area contributed by atoms with E-state index in [4.69, 9.17) is 0 Å². The number of nitrogens with zero attached hydrogens (tertiary/aromatic N) is 4. The van der Waals surface area contributed by atoms with Gasteiger partial charge in [0.25, 0.3) is 0 Å². The summed E-state index contributed by atoms with van der Waals surface area (Å²) in [5, 5.41) is 10.9. The fourth-order valence-electron chi connectivity index (χ4n) is 2.55. The molecule has 2 aromatic heterocycles. The minimum absolute atomic E-state index is 0.0676. The Morgan fingerprint density at radius 1 is 1.24 bits per heavy atom. The van der Waals surface area contributed by atoms with Crippen molar-refractivity contribution < 1.29 is 13.2 Å². The van der Waals surface area contributed by atoms with E-state index in [9.17, 15) is 13.2 Å². The van der Waals surface area contributed by atoms with Gasteiger partial charge in [0.1, 0.15) is 10.7 Å². The molecular formula is C15H24N6O3S. The van der Waals surface area contributed by atoms with Gasteiger partial charge in [-0.15, -0.1) is 0 Å². The standard InChI is InChI=1S/C15H24N6O3S/c1-9(2)21-13(7-8-16-21)17-15(22)11(4)19-25(23,24)14-10(3)18-20(6)12(14)5/h7-9,11,19H,1-6H3,(H,17,22). The highest BCUT2D eigenvalue weighted by atomic mass is 32.2. The summed E-state index contributed by atoms with van der Waals surface area (Å²) in [4.78, 5) is 12.5. The highest BCUT2D eigenvalue weighted by Gasteiger charge is 2.28. The van der Waals surface area contributed by atoms with E-state index in [0.717, 1.165) is 0 Å². The van der Waals surface area contributed by atoms with Crippen molar-refractivity contribution >= 4 is 21.7 Å². The van der Waals surface area contributed by atoms with E-state index in [-0.39, 0.29) is 10.9 Å². The summed E-state index contributed by atoms with van der Waals surface area (Å²) < 4.78 is 30.8. The van der Waals surface area contributed by atoms with Gasteiger partial charge < -0.3 is 5.32 Å². The summed E-state index contributed by atoms with van der Waals surface area (Å²) >= 11 is 0. The molecule has 0 radical (unpaired) electrons. The molecule has 138 valence electrons. The van der Waals surface area contributed by atoms with Crippen LogP contribution in [0.3, 0.4) is 0 Å². The van der Waals surface area contributed by atoms with E-state index in [1.54, 1.807) is 37.8 Å². The molecule has 1 amide bonds. The van der Waals surface area contributed by atoms with Crippen molar-refractivity contribution in [2.24, 2.45) is 7.05 Å². The van der Waals surface area contributed by atoms with E-state index in [0.29, 0.717) is 17.2 Å². The highest BCUT2D eigenvalue weighted by molar-refractivity contribution is 7.89. The van der Waals surface area contributed by atoms with Crippen LogP contribution in [0.1, 0.15) is 38.2 Å². The van der Waals surface area contributed by atoms with Crippen molar-refractivity contribution in [3.63, 3.8) is 0 Å². The molecular weight excluding hydrogens is 344 g/mol. The lowest BCUT2D eigenvalue weighted by atomic mass is 10.3. The van der Waals surface area contributed by atoms with Crippen LogP contribution in [-0.2, 0) is 21.9 Å². The Morgan fingerprint density at radius 2 is 1.88 bits per heavy atom. The maximum atomic E-state index is 12.6. The number of carbonyl (C=O) groups excluding carboxylic acids is 1. The molecule has 0 aliphatic carbocycles. The second-order valence-electron chi connectivity index (χ2n) is 6.21. The Morgan fingerprint density at radius 3 is 2.40 bits per heavy atom. The van der Waals surface area contributed by atoms with Gasteiger partial charge in [0.15, 0.2) is 0 Å². The van der Waals surface area contributed by atoms with Gasteiger partial charge in [0.2, 0.25) is 15.9 Å². The summed E-state index contributed by atoms with van der Waals surface area (Å²) in [5.74, 6) is 0.0463. The zero-order chi connectivity index (χ0) is 18.9. The van der Waals surface area contributed by atoms with Crippen LogP contribution in [0.5, 0.6) is 0 Å². The third kappa shape index (κ3) is 3.90. The first kappa shape index (κ1) is 19.1. The predicted molar refractivity (Wildman–Crippen MR) is 93.7 cm³/mol. The quantitative estimate of drug-likeness (QED) is 0.794. The van der Waals surface area contributed by atoms with E-state index in [1.165, 1.54) is 11.6 Å². The van der Waals surface area contributed by atoms with Crippen molar-refractivity contribution in [2.45, 2.75) is 51.6 Å². The van der Waals surface area contributed by atoms with Crippen LogP contribution >= 0.6 is 0 Å². The first-order chi connectivity index (χ1) is 11.5. The number of hydrogen-bond donors (Lipinski definition) is 2. The Balaban J connectivity index is 2.16. The first-order valence-corrected chi connectivity index (χ1v) is 9.39. The molecule has 1 atom stereocenters. The van der Waals surface area contributed by atoms with Crippen LogP contribution in [0.15, 0.2) is 17.2 Å². The smallest absolute Gasteiger partial charge is 0.244 e. The molecule has 0 aliphatic heterocycles. The summed E-state index contributed by atoms with van der Waals surface area (Å²) in [6, 6.07) is 0.770. The molecule has 0 saturated heterocycles. The molecule has 0 saturated carbocycles. The van der Waals surface area contributed by atoms with E-state index in [2.05, 4.69) is 20.2 Å².